The van der Waals surface area contributed by atoms with Crippen molar-refractivity contribution in [1.29, 1.82) is 5.26 Å². The summed E-state index contributed by atoms with van der Waals surface area (Å²) in [6, 6.07) is 10.1. The molecule has 1 aliphatic rings. The molecular weight excluding hydrogens is 242 g/mol. The fraction of sp³-hybridized carbons (Fsp3) is 0.286. The van der Waals surface area contributed by atoms with Crippen molar-refractivity contribution in [2.45, 2.75) is 18.9 Å². The molecule has 2 heterocycles. The van der Waals surface area contributed by atoms with Crippen LogP contribution in [0.2, 0.25) is 0 Å². The van der Waals surface area contributed by atoms with Crippen LogP contribution in [0.15, 0.2) is 29.6 Å². The molecule has 4 heteroatoms. The summed E-state index contributed by atoms with van der Waals surface area (Å²) in [6.45, 7) is 1.09. The molecule has 1 aromatic carbocycles. The smallest absolute Gasteiger partial charge is 0.110 e. The van der Waals surface area contributed by atoms with E-state index in [-0.39, 0.29) is 0 Å². The van der Waals surface area contributed by atoms with Crippen LogP contribution >= 0.6 is 11.3 Å². The highest BCUT2D eigenvalue weighted by Crippen LogP contribution is 2.29. The monoisotopic (exact) mass is 255 g/mol. The molecule has 0 radical (unpaired) electrons. The second-order valence-electron chi connectivity index (χ2n) is 4.41. The number of nitrogens with one attached hydrogen (secondary N) is 1. The van der Waals surface area contributed by atoms with Gasteiger partial charge in [0.1, 0.15) is 5.01 Å². The van der Waals surface area contributed by atoms with Gasteiger partial charge in [0.25, 0.3) is 0 Å². The van der Waals surface area contributed by atoms with E-state index >= 15 is 0 Å². The Labute approximate surface area is 110 Å². The Morgan fingerprint density at radius 1 is 1.33 bits per heavy atom. The molecule has 0 aliphatic carbocycles. The molecule has 0 saturated carbocycles. The van der Waals surface area contributed by atoms with Crippen LogP contribution in [-0.4, -0.2) is 11.5 Å². The first-order chi connectivity index (χ1) is 8.86. The Hall–Kier alpha value is -1.70. The first-order valence-electron chi connectivity index (χ1n) is 6.06. The Morgan fingerprint density at radius 3 is 2.83 bits per heavy atom. The maximum absolute atomic E-state index is 8.77. The molecule has 1 atom stereocenters. The van der Waals surface area contributed by atoms with Gasteiger partial charge in [-0.15, -0.1) is 11.3 Å². The predicted molar refractivity (Wildman–Crippen MR) is 72.2 cm³/mol. The molecule has 0 spiro atoms. The number of nitrogens with zero attached hydrogens (tertiary/aromatic N) is 2. The number of aromatic nitrogens is 1. The first kappa shape index (κ1) is 11.4. The minimum Gasteiger partial charge on any atom is -0.308 e. The molecular formula is C14H13N3S. The van der Waals surface area contributed by atoms with Gasteiger partial charge in [-0.3, -0.25) is 0 Å². The van der Waals surface area contributed by atoms with E-state index < -0.39 is 0 Å². The number of rotatable bonds is 2. The minimum absolute atomic E-state index is 0.433. The van der Waals surface area contributed by atoms with E-state index in [2.05, 4.69) is 16.8 Å². The highest BCUT2D eigenvalue weighted by atomic mass is 32.1. The van der Waals surface area contributed by atoms with Crippen molar-refractivity contribution >= 4 is 11.3 Å². The number of benzene rings is 1. The van der Waals surface area contributed by atoms with Gasteiger partial charge < -0.3 is 5.32 Å². The van der Waals surface area contributed by atoms with Crippen molar-refractivity contribution in [3.05, 3.63) is 40.2 Å². The number of hydrogen-bond acceptors (Lipinski definition) is 4. The quantitative estimate of drug-likeness (QED) is 0.897. The second kappa shape index (κ2) is 4.89. The summed E-state index contributed by atoms with van der Waals surface area (Å²) < 4.78 is 0. The van der Waals surface area contributed by atoms with Crippen LogP contribution in [0.4, 0.5) is 0 Å². The Kier molecular flexibility index (Phi) is 3.09. The molecule has 0 amide bonds. The highest BCUT2D eigenvalue weighted by molar-refractivity contribution is 7.10. The minimum atomic E-state index is 0.433. The van der Waals surface area contributed by atoms with Gasteiger partial charge in [-0.2, -0.15) is 5.26 Å². The van der Waals surface area contributed by atoms with Gasteiger partial charge in [-0.25, -0.2) is 4.98 Å². The summed E-state index contributed by atoms with van der Waals surface area (Å²) in [5.41, 5.74) is 2.77. The van der Waals surface area contributed by atoms with Crippen LogP contribution in [0.3, 0.4) is 0 Å². The van der Waals surface area contributed by atoms with E-state index in [4.69, 9.17) is 10.2 Å². The molecule has 0 bridgehead atoms. The molecule has 3 nitrogen and oxygen atoms in total. The van der Waals surface area contributed by atoms with Crippen molar-refractivity contribution in [3.8, 4) is 17.3 Å². The highest BCUT2D eigenvalue weighted by Gasteiger charge is 2.19. The molecule has 3 rings (SSSR count). The van der Waals surface area contributed by atoms with Gasteiger partial charge in [0.2, 0.25) is 0 Å². The van der Waals surface area contributed by atoms with Crippen molar-refractivity contribution in [1.82, 2.24) is 10.3 Å². The standard InChI is InChI=1S/C14H13N3S/c15-8-10-3-5-11(6-4-10)13-9-18-14(17-13)12-2-1-7-16-12/h3-6,9,12,16H,1-2,7H2. The van der Waals surface area contributed by atoms with Gasteiger partial charge >= 0.3 is 0 Å². The third-order valence-corrected chi connectivity index (χ3v) is 4.15. The van der Waals surface area contributed by atoms with E-state index in [1.54, 1.807) is 11.3 Å². The van der Waals surface area contributed by atoms with E-state index in [1.807, 2.05) is 24.3 Å². The molecule has 18 heavy (non-hydrogen) atoms. The number of thiazole rings is 1. The SMILES string of the molecule is N#Cc1ccc(-c2csc(C3CCCN3)n2)cc1. The Balaban J connectivity index is 1.85. The van der Waals surface area contributed by atoms with Gasteiger partial charge in [0.05, 0.1) is 23.4 Å². The van der Waals surface area contributed by atoms with Crippen LogP contribution in [0.25, 0.3) is 11.3 Å². The van der Waals surface area contributed by atoms with Crippen molar-refractivity contribution < 1.29 is 0 Å². The zero-order valence-corrected chi connectivity index (χ0v) is 10.7. The fourth-order valence-electron chi connectivity index (χ4n) is 2.19. The third-order valence-electron chi connectivity index (χ3n) is 3.19. The maximum Gasteiger partial charge on any atom is 0.110 e. The molecule has 90 valence electrons. The summed E-state index contributed by atoms with van der Waals surface area (Å²) >= 11 is 1.71. The lowest BCUT2D eigenvalue weighted by Gasteiger charge is -2.04. The molecule has 1 unspecified atom stereocenters. The van der Waals surface area contributed by atoms with E-state index in [0.717, 1.165) is 17.8 Å². The van der Waals surface area contributed by atoms with Crippen LogP contribution in [0, 0.1) is 11.3 Å². The van der Waals surface area contributed by atoms with Crippen molar-refractivity contribution in [3.63, 3.8) is 0 Å². The zero-order chi connectivity index (χ0) is 12.4. The average molecular weight is 255 g/mol. The summed E-state index contributed by atoms with van der Waals surface area (Å²) in [7, 11) is 0. The number of hydrogen-bond donors (Lipinski definition) is 1. The topological polar surface area (TPSA) is 48.7 Å². The molecule has 1 saturated heterocycles. The lowest BCUT2D eigenvalue weighted by molar-refractivity contribution is 0.643. The Morgan fingerprint density at radius 2 is 2.17 bits per heavy atom. The van der Waals surface area contributed by atoms with Gasteiger partial charge in [-0.1, -0.05) is 12.1 Å². The zero-order valence-electron chi connectivity index (χ0n) is 9.89. The van der Waals surface area contributed by atoms with E-state index in [0.29, 0.717) is 11.6 Å². The second-order valence-corrected chi connectivity index (χ2v) is 5.30. The summed E-state index contributed by atoms with van der Waals surface area (Å²) in [6.07, 6.45) is 2.41. The van der Waals surface area contributed by atoms with Gasteiger partial charge in [0.15, 0.2) is 0 Å². The van der Waals surface area contributed by atoms with Crippen LogP contribution in [-0.2, 0) is 0 Å². The van der Waals surface area contributed by atoms with E-state index in [1.165, 1.54) is 17.8 Å². The summed E-state index contributed by atoms with van der Waals surface area (Å²) in [5.74, 6) is 0. The summed E-state index contributed by atoms with van der Waals surface area (Å²) in [4.78, 5) is 4.69. The van der Waals surface area contributed by atoms with Crippen LogP contribution in [0.1, 0.15) is 29.5 Å². The first-order valence-corrected chi connectivity index (χ1v) is 6.94. The fourth-order valence-corrected chi connectivity index (χ4v) is 3.13. The lowest BCUT2D eigenvalue weighted by Crippen LogP contribution is -2.12. The average Bonchev–Trinajstić information content (AvgIpc) is 3.09. The molecule has 1 aliphatic heterocycles. The molecule has 1 fully saturated rings. The molecule has 1 aromatic heterocycles. The third kappa shape index (κ3) is 2.15. The maximum atomic E-state index is 8.77. The van der Waals surface area contributed by atoms with Crippen molar-refractivity contribution in [2.24, 2.45) is 0 Å². The molecule has 2 aromatic rings. The van der Waals surface area contributed by atoms with Crippen LogP contribution in [0.5, 0.6) is 0 Å². The van der Waals surface area contributed by atoms with Crippen molar-refractivity contribution in [2.75, 3.05) is 6.54 Å². The van der Waals surface area contributed by atoms with Crippen LogP contribution < -0.4 is 5.32 Å². The van der Waals surface area contributed by atoms with Gasteiger partial charge in [0, 0.05) is 10.9 Å². The predicted octanol–water partition coefficient (Wildman–Crippen LogP) is 3.11. The largest absolute Gasteiger partial charge is 0.308 e. The molecule has 1 N–H and O–H groups in total. The Bertz CT molecular complexity index is 574. The van der Waals surface area contributed by atoms with Gasteiger partial charge in [-0.05, 0) is 31.5 Å². The summed E-state index contributed by atoms with van der Waals surface area (Å²) in [5, 5.41) is 15.5. The normalized spacial score (nSPS) is 18.7. The number of nitriles is 1. The van der Waals surface area contributed by atoms with E-state index in [9.17, 15) is 0 Å². The lowest BCUT2D eigenvalue weighted by atomic mass is 10.1.